The molecule has 2 heterocycles. The molecular formula is C13H18ClN3. The van der Waals surface area contributed by atoms with Crippen LogP contribution in [0.5, 0.6) is 0 Å². The molecule has 4 heteroatoms. The number of hydrogen-bond donors (Lipinski definition) is 0. The molecule has 0 spiro atoms. The quantitative estimate of drug-likeness (QED) is 0.780. The van der Waals surface area contributed by atoms with E-state index >= 15 is 0 Å². The molecule has 0 saturated carbocycles. The molecule has 2 aromatic heterocycles. The first-order valence-electron chi connectivity index (χ1n) is 5.91. The fraction of sp³-hybridized carbons (Fsp3) is 0.538. The van der Waals surface area contributed by atoms with Crippen LogP contribution < -0.4 is 0 Å². The lowest BCUT2D eigenvalue weighted by Gasteiger charge is -2.27. The average Bonchev–Trinajstić information content (AvgIpc) is 2.67. The van der Waals surface area contributed by atoms with Crippen LogP contribution in [-0.2, 0) is 11.4 Å². The summed E-state index contributed by atoms with van der Waals surface area (Å²) in [6.45, 7) is 8.54. The van der Waals surface area contributed by atoms with E-state index in [1.165, 1.54) is 0 Å². The first-order chi connectivity index (χ1) is 7.99. The number of pyridine rings is 1. The Hall–Kier alpha value is -1.09. The van der Waals surface area contributed by atoms with Gasteiger partial charge in [-0.25, -0.2) is 9.97 Å². The molecule has 2 rings (SSSR count). The zero-order chi connectivity index (χ0) is 12.6. The second kappa shape index (κ2) is 4.30. The highest BCUT2D eigenvalue weighted by Crippen LogP contribution is 2.27. The number of nitrogens with zero attached hydrogens (tertiary/aromatic N) is 3. The summed E-state index contributed by atoms with van der Waals surface area (Å²) >= 11 is 6.00. The van der Waals surface area contributed by atoms with Crippen LogP contribution in [0.1, 0.15) is 38.7 Å². The highest BCUT2D eigenvalue weighted by Gasteiger charge is 2.24. The number of fused-ring (bicyclic) bond motifs is 1. The van der Waals surface area contributed by atoms with Gasteiger partial charge in [-0.2, -0.15) is 0 Å². The molecule has 0 N–H and O–H groups in total. The fourth-order valence-electron chi connectivity index (χ4n) is 1.98. The van der Waals surface area contributed by atoms with E-state index in [1.54, 1.807) is 0 Å². The number of alkyl halides is 1. The van der Waals surface area contributed by atoms with E-state index in [4.69, 9.17) is 11.6 Å². The molecule has 3 nitrogen and oxygen atoms in total. The summed E-state index contributed by atoms with van der Waals surface area (Å²) in [5.74, 6) is 1.31. The lowest BCUT2D eigenvalue weighted by molar-refractivity contribution is 0.342. The van der Waals surface area contributed by atoms with Gasteiger partial charge in [-0.05, 0) is 39.3 Å². The largest absolute Gasteiger partial charge is 0.306 e. The molecule has 0 amide bonds. The van der Waals surface area contributed by atoms with Gasteiger partial charge in [0.1, 0.15) is 11.3 Å². The minimum Gasteiger partial charge on any atom is -0.306 e. The summed E-state index contributed by atoms with van der Waals surface area (Å²) in [6.07, 6.45) is 1.01. The van der Waals surface area contributed by atoms with Crippen molar-refractivity contribution in [3.8, 4) is 0 Å². The predicted molar refractivity (Wildman–Crippen MR) is 71.4 cm³/mol. The molecule has 0 aliphatic heterocycles. The van der Waals surface area contributed by atoms with Crippen molar-refractivity contribution in [1.29, 1.82) is 0 Å². The van der Waals surface area contributed by atoms with Crippen molar-refractivity contribution in [2.75, 3.05) is 0 Å². The summed E-state index contributed by atoms with van der Waals surface area (Å²) in [5, 5.41) is 0. The zero-order valence-electron chi connectivity index (χ0n) is 10.8. The van der Waals surface area contributed by atoms with Gasteiger partial charge < -0.3 is 4.57 Å². The van der Waals surface area contributed by atoms with Gasteiger partial charge in [0, 0.05) is 11.2 Å². The van der Waals surface area contributed by atoms with E-state index in [0.717, 1.165) is 29.1 Å². The monoisotopic (exact) mass is 251 g/mol. The van der Waals surface area contributed by atoms with Gasteiger partial charge in [-0.1, -0.05) is 6.92 Å². The van der Waals surface area contributed by atoms with E-state index in [1.807, 2.05) is 19.1 Å². The van der Waals surface area contributed by atoms with Gasteiger partial charge in [0.15, 0.2) is 5.65 Å². The van der Waals surface area contributed by atoms with Crippen LogP contribution in [0.3, 0.4) is 0 Å². The second-order valence-electron chi connectivity index (χ2n) is 4.96. The molecule has 2 aromatic rings. The molecule has 0 aliphatic rings. The number of hydrogen-bond acceptors (Lipinski definition) is 2. The molecule has 0 unspecified atom stereocenters. The Morgan fingerprint density at radius 2 is 2.00 bits per heavy atom. The van der Waals surface area contributed by atoms with Gasteiger partial charge in [0.2, 0.25) is 0 Å². The van der Waals surface area contributed by atoms with E-state index in [0.29, 0.717) is 5.88 Å². The number of rotatable bonds is 3. The van der Waals surface area contributed by atoms with Crippen LogP contribution in [0.25, 0.3) is 11.2 Å². The maximum absolute atomic E-state index is 6.00. The smallest absolute Gasteiger partial charge is 0.160 e. The number of aromatic nitrogens is 3. The third-order valence-electron chi connectivity index (χ3n) is 3.30. The van der Waals surface area contributed by atoms with Crippen molar-refractivity contribution < 1.29 is 0 Å². The second-order valence-corrected chi connectivity index (χ2v) is 5.23. The summed E-state index contributed by atoms with van der Waals surface area (Å²) < 4.78 is 2.17. The van der Waals surface area contributed by atoms with Crippen molar-refractivity contribution in [2.24, 2.45) is 0 Å². The van der Waals surface area contributed by atoms with Crippen molar-refractivity contribution >= 4 is 22.8 Å². The normalized spacial score (nSPS) is 12.3. The molecule has 0 bridgehead atoms. The van der Waals surface area contributed by atoms with Gasteiger partial charge in [0.05, 0.1) is 5.88 Å². The maximum Gasteiger partial charge on any atom is 0.160 e. The lowest BCUT2D eigenvalue weighted by atomic mass is 10.0. The van der Waals surface area contributed by atoms with Gasteiger partial charge in [-0.3, -0.25) is 0 Å². The van der Waals surface area contributed by atoms with Crippen LogP contribution in [0.15, 0.2) is 12.1 Å². The first kappa shape index (κ1) is 12.4. The summed E-state index contributed by atoms with van der Waals surface area (Å²) in [6, 6.07) is 3.99. The van der Waals surface area contributed by atoms with Gasteiger partial charge >= 0.3 is 0 Å². The molecule has 0 saturated heterocycles. The zero-order valence-corrected chi connectivity index (χ0v) is 11.5. The van der Waals surface area contributed by atoms with E-state index < -0.39 is 0 Å². The third kappa shape index (κ3) is 2.04. The molecule has 17 heavy (non-hydrogen) atoms. The predicted octanol–water partition coefficient (Wildman–Crippen LogP) is 3.62. The maximum atomic E-state index is 6.00. The molecule has 0 aromatic carbocycles. The standard InChI is InChI=1S/C13H18ClN3/c1-5-13(3,4)17-11(8-14)16-10-7-6-9(2)15-12(10)17/h6-7H,5,8H2,1-4H3. The van der Waals surface area contributed by atoms with Crippen LogP contribution in [0.4, 0.5) is 0 Å². The Balaban J connectivity index is 2.77. The first-order valence-corrected chi connectivity index (χ1v) is 6.44. The van der Waals surface area contributed by atoms with Crippen molar-refractivity contribution in [1.82, 2.24) is 14.5 Å². The van der Waals surface area contributed by atoms with Crippen molar-refractivity contribution in [3.63, 3.8) is 0 Å². The summed E-state index contributed by atoms with van der Waals surface area (Å²) in [4.78, 5) is 9.16. The van der Waals surface area contributed by atoms with Gasteiger partial charge in [0.25, 0.3) is 0 Å². The highest BCUT2D eigenvalue weighted by atomic mass is 35.5. The number of imidazole rings is 1. The minimum absolute atomic E-state index is 0.0141. The minimum atomic E-state index is -0.0141. The molecule has 0 radical (unpaired) electrons. The van der Waals surface area contributed by atoms with Crippen molar-refractivity contribution in [2.45, 2.75) is 45.5 Å². The number of halogens is 1. The SMILES string of the molecule is CCC(C)(C)n1c(CCl)nc2ccc(C)nc21. The molecule has 0 fully saturated rings. The van der Waals surface area contributed by atoms with Gasteiger partial charge in [-0.15, -0.1) is 11.6 Å². The van der Waals surface area contributed by atoms with E-state index in [9.17, 15) is 0 Å². The van der Waals surface area contributed by atoms with Crippen LogP contribution >= 0.6 is 11.6 Å². The Bertz CT molecular complexity index is 543. The average molecular weight is 252 g/mol. The Kier molecular flexibility index (Phi) is 3.13. The topological polar surface area (TPSA) is 30.7 Å². The number of aryl methyl sites for hydroxylation is 1. The van der Waals surface area contributed by atoms with E-state index in [2.05, 4.69) is 35.3 Å². The van der Waals surface area contributed by atoms with Crippen LogP contribution in [0.2, 0.25) is 0 Å². The fourth-order valence-corrected chi connectivity index (χ4v) is 2.16. The molecule has 0 aliphatic carbocycles. The third-order valence-corrected chi connectivity index (χ3v) is 3.54. The molecule has 92 valence electrons. The lowest BCUT2D eigenvalue weighted by Crippen LogP contribution is -2.27. The van der Waals surface area contributed by atoms with Crippen LogP contribution in [0, 0.1) is 6.92 Å². The summed E-state index contributed by atoms with van der Waals surface area (Å²) in [5.41, 5.74) is 2.85. The Morgan fingerprint density at radius 3 is 2.59 bits per heavy atom. The van der Waals surface area contributed by atoms with Crippen molar-refractivity contribution in [3.05, 3.63) is 23.7 Å². The Morgan fingerprint density at radius 1 is 1.29 bits per heavy atom. The molecule has 0 atom stereocenters. The summed E-state index contributed by atoms with van der Waals surface area (Å²) in [7, 11) is 0. The highest BCUT2D eigenvalue weighted by molar-refractivity contribution is 6.16. The molecular weight excluding hydrogens is 234 g/mol. The van der Waals surface area contributed by atoms with E-state index in [-0.39, 0.29) is 5.54 Å². The van der Waals surface area contributed by atoms with Crippen LogP contribution in [-0.4, -0.2) is 14.5 Å². The Labute approximate surface area is 107 Å².